The Labute approximate surface area is 317 Å². The lowest BCUT2D eigenvalue weighted by Crippen LogP contribution is -2.60. The molecule has 13 N–H and O–H groups in total. The molecule has 1 heterocycles. The first kappa shape index (κ1) is 43.1. The molecule has 18 heteroatoms. The van der Waals surface area contributed by atoms with Gasteiger partial charge in [-0.05, 0) is 29.5 Å². The number of nitrogens with two attached hydrogens (primary N) is 3. The summed E-state index contributed by atoms with van der Waals surface area (Å²) in [5.74, 6) is -7.77. The molecule has 0 saturated heterocycles. The van der Waals surface area contributed by atoms with Crippen LogP contribution in [0.4, 0.5) is 0 Å². The molecule has 0 aliphatic rings. The second-order valence-corrected chi connectivity index (χ2v) is 13.1. The molecule has 1 aromatic heterocycles. The van der Waals surface area contributed by atoms with Crippen LogP contribution in [0.2, 0.25) is 0 Å². The predicted molar refractivity (Wildman–Crippen MR) is 200 cm³/mol. The second-order valence-electron chi connectivity index (χ2n) is 13.1. The highest BCUT2D eigenvalue weighted by Crippen LogP contribution is 2.20. The Bertz CT molecular complexity index is 1850. The van der Waals surface area contributed by atoms with Gasteiger partial charge in [-0.15, -0.1) is 0 Å². The minimum Gasteiger partial charge on any atom is -0.480 e. The molecule has 3 rings (SSSR count). The van der Waals surface area contributed by atoms with Gasteiger partial charge in [0.05, 0.1) is 13.0 Å². The van der Waals surface area contributed by atoms with Gasteiger partial charge in [-0.3, -0.25) is 33.6 Å². The van der Waals surface area contributed by atoms with Crippen LogP contribution in [-0.2, 0) is 51.2 Å². The second kappa shape index (κ2) is 20.8. The van der Waals surface area contributed by atoms with Gasteiger partial charge in [0, 0.05) is 36.4 Å². The first-order valence-electron chi connectivity index (χ1n) is 17.7. The minimum absolute atomic E-state index is 0.0356. The number of primary amides is 2. The topological polar surface area (TPSA) is 311 Å². The number of amides is 7. The third-order valence-corrected chi connectivity index (χ3v) is 8.98. The number of carboxylic acid groups (broad SMARTS) is 1. The molecule has 6 atom stereocenters. The molecule has 0 spiro atoms. The van der Waals surface area contributed by atoms with E-state index < -0.39 is 96.4 Å². The number of rotatable bonds is 22. The van der Waals surface area contributed by atoms with Gasteiger partial charge in [-0.25, -0.2) is 4.79 Å². The molecule has 0 bridgehead atoms. The van der Waals surface area contributed by atoms with E-state index in [0.717, 1.165) is 10.9 Å². The van der Waals surface area contributed by atoms with Gasteiger partial charge in [0.25, 0.3) is 0 Å². The summed E-state index contributed by atoms with van der Waals surface area (Å²) in [5, 5.41) is 23.1. The van der Waals surface area contributed by atoms with Gasteiger partial charge in [-0.1, -0.05) is 68.8 Å². The standard InChI is InChI=1S/C37H49N9O9/c1-3-20(2)32(37(54)55)46-36(53)26(15-21-9-5-4-6-10-21)44-34(51)27(16-22-19-41-24-12-8-7-11-23(22)24)45-33(50)25(13-14-29(39)47)43-35(52)28(17-30(40)48)42-31(49)18-38/h4-12,19-20,25-28,32,41H,3,13-18,38H2,1-2H3,(H2,39,47)(H2,40,48)(H,42,49)(H,43,52)(H,44,51)(H,45,50)(H,46,53)(H,54,55)/t20-,25-,26-,27-,28-,32-/m0/s1. The molecule has 0 aliphatic carbocycles. The van der Waals surface area contributed by atoms with Crippen molar-refractivity contribution in [2.75, 3.05) is 6.54 Å². The van der Waals surface area contributed by atoms with Crippen molar-refractivity contribution in [3.05, 3.63) is 71.9 Å². The van der Waals surface area contributed by atoms with Crippen molar-refractivity contribution in [3.63, 3.8) is 0 Å². The Morgan fingerprint density at radius 3 is 1.87 bits per heavy atom. The smallest absolute Gasteiger partial charge is 0.326 e. The van der Waals surface area contributed by atoms with E-state index in [1.807, 2.05) is 6.07 Å². The van der Waals surface area contributed by atoms with Crippen LogP contribution in [0.25, 0.3) is 10.9 Å². The highest BCUT2D eigenvalue weighted by molar-refractivity contribution is 5.98. The van der Waals surface area contributed by atoms with Gasteiger partial charge in [0.1, 0.15) is 30.2 Å². The number of hydrogen-bond acceptors (Lipinski definition) is 9. The average Bonchev–Trinajstić information content (AvgIpc) is 3.56. The lowest BCUT2D eigenvalue weighted by molar-refractivity contribution is -0.144. The zero-order valence-electron chi connectivity index (χ0n) is 30.6. The van der Waals surface area contributed by atoms with Crippen LogP contribution in [0, 0.1) is 5.92 Å². The molecule has 0 saturated carbocycles. The van der Waals surface area contributed by atoms with E-state index in [-0.39, 0.29) is 25.7 Å². The lowest BCUT2D eigenvalue weighted by atomic mass is 9.97. The third-order valence-electron chi connectivity index (χ3n) is 8.98. The van der Waals surface area contributed by atoms with Crippen molar-refractivity contribution in [2.24, 2.45) is 23.1 Å². The SMILES string of the molecule is CC[C@H](C)[C@H](NC(=O)[C@H](Cc1ccccc1)NC(=O)[C@H](Cc1c[nH]c2ccccc12)NC(=O)[C@H](CCC(N)=O)NC(=O)[C@H](CC(N)=O)NC(=O)CN)C(=O)O. The van der Waals surface area contributed by atoms with Crippen LogP contribution in [-0.4, -0.2) is 94.2 Å². The Hall–Kier alpha value is -6.30. The van der Waals surface area contributed by atoms with E-state index in [4.69, 9.17) is 17.2 Å². The van der Waals surface area contributed by atoms with Crippen molar-refractivity contribution < 1.29 is 43.5 Å². The fourth-order valence-electron chi connectivity index (χ4n) is 5.76. The van der Waals surface area contributed by atoms with Gasteiger partial charge in [0.2, 0.25) is 41.4 Å². The number of carbonyl (C=O) groups is 8. The first-order valence-corrected chi connectivity index (χ1v) is 17.7. The molecular weight excluding hydrogens is 714 g/mol. The molecule has 7 amide bonds. The Morgan fingerprint density at radius 1 is 0.709 bits per heavy atom. The zero-order chi connectivity index (χ0) is 40.7. The number of nitrogens with one attached hydrogen (secondary N) is 6. The van der Waals surface area contributed by atoms with Crippen LogP contribution in [0.5, 0.6) is 0 Å². The summed E-state index contributed by atoms with van der Waals surface area (Å²) >= 11 is 0. The minimum atomic E-state index is -1.52. The van der Waals surface area contributed by atoms with Crippen molar-refractivity contribution in [1.29, 1.82) is 0 Å². The summed E-state index contributed by atoms with van der Waals surface area (Å²) in [6, 6.07) is 8.90. The molecule has 296 valence electrons. The summed E-state index contributed by atoms with van der Waals surface area (Å²) in [5.41, 5.74) is 17.9. The quantitative estimate of drug-likeness (QED) is 0.0571. The average molecular weight is 764 g/mol. The van der Waals surface area contributed by atoms with Crippen LogP contribution < -0.4 is 43.8 Å². The number of carboxylic acids is 1. The summed E-state index contributed by atoms with van der Waals surface area (Å²) in [7, 11) is 0. The Balaban J connectivity index is 1.99. The van der Waals surface area contributed by atoms with Crippen molar-refractivity contribution in [1.82, 2.24) is 31.6 Å². The maximum absolute atomic E-state index is 14.2. The molecule has 0 radical (unpaired) electrons. The highest BCUT2D eigenvalue weighted by Gasteiger charge is 2.34. The monoisotopic (exact) mass is 763 g/mol. The number of aliphatic carboxylic acids is 1. The molecule has 0 unspecified atom stereocenters. The number of carbonyl (C=O) groups excluding carboxylic acids is 7. The summed E-state index contributed by atoms with van der Waals surface area (Å²) < 4.78 is 0. The Kier molecular flexibility index (Phi) is 16.3. The van der Waals surface area contributed by atoms with E-state index in [1.54, 1.807) is 68.6 Å². The number of hydrogen-bond donors (Lipinski definition) is 10. The van der Waals surface area contributed by atoms with Gasteiger partial charge in [-0.2, -0.15) is 0 Å². The maximum Gasteiger partial charge on any atom is 0.326 e. The van der Waals surface area contributed by atoms with Crippen LogP contribution in [0.15, 0.2) is 60.8 Å². The fraction of sp³-hybridized carbons (Fsp3) is 0.405. The summed E-state index contributed by atoms with van der Waals surface area (Å²) in [6.07, 6.45) is 0.572. The number of benzene rings is 2. The Morgan fingerprint density at radius 2 is 1.27 bits per heavy atom. The molecule has 3 aromatic rings. The molecule has 55 heavy (non-hydrogen) atoms. The van der Waals surface area contributed by atoms with E-state index in [9.17, 15) is 43.5 Å². The molecule has 0 fully saturated rings. The fourth-order valence-corrected chi connectivity index (χ4v) is 5.76. The maximum atomic E-state index is 14.2. The third kappa shape index (κ3) is 13.3. The highest BCUT2D eigenvalue weighted by atomic mass is 16.4. The summed E-state index contributed by atoms with van der Waals surface area (Å²) in [4.78, 5) is 106. The number of aromatic amines is 1. The number of para-hydroxylation sites is 1. The summed E-state index contributed by atoms with van der Waals surface area (Å²) in [6.45, 7) is 2.93. The van der Waals surface area contributed by atoms with Crippen molar-refractivity contribution in [2.45, 2.75) is 82.6 Å². The van der Waals surface area contributed by atoms with E-state index >= 15 is 0 Å². The normalized spacial score (nSPS) is 14.2. The molecule has 0 aliphatic heterocycles. The van der Waals surface area contributed by atoms with Crippen LogP contribution in [0.3, 0.4) is 0 Å². The molecule has 2 aromatic carbocycles. The number of H-pyrrole nitrogens is 1. The van der Waals surface area contributed by atoms with Gasteiger partial charge in [0.15, 0.2) is 0 Å². The van der Waals surface area contributed by atoms with Crippen molar-refractivity contribution >= 4 is 58.2 Å². The molecule has 18 nitrogen and oxygen atoms in total. The predicted octanol–water partition coefficient (Wildman–Crippen LogP) is -1.39. The van der Waals surface area contributed by atoms with Gasteiger partial charge >= 0.3 is 5.97 Å². The van der Waals surface area contributed by atoms with E-state index in [2.05, 4.69) is 31.6 Å². The van der Waals surface area contributed by atoms with Gasteiger partial charge < -0.3 is 53.9 Å². The largest absolute Gasteiger partial charge is 0.480 e. The zero-order valence-corrected chi connectivity index (χ0v) is 30.6. The van der Waals surface area contributed by atoms with E-state index in [0.29, 0.717) is 17.5 Å². The van der Waals surface area contributed by atoms with E-state index in [1.165, 1.54) is 0 Å². The number of aromatic nitrogens is 1. The first-order chi connectivity index (χ1) is 26.1. The number of fused-ring (bicyclic) bond motifs is 1. The van der Waals surface area contributed by atoms with Crippen LogP contribution >= 0.6 is 0 Å². The lowest BCUT2D eigenvalue weighted by Gasteiger charge is -2.27. The molecular formula is C37H49N9O9. The van der Waals surface area contributed by atoms with Crippen molar-refractivity contribution in [3.8, 4) is 0 Å². The van der Waals surface area contributed by atoms with Crippen LogP contribution in [0.1, 0.15) is 50.7 Å².